The molecule has 1 aliphatic heterocycles. The highest BCUT2D eigenvalue weighted by atomic mass is 32.2. The zero-order chi connectivity index (χ0) is 17.1. The Hall–Kier alpha value is -1.80. The van der Waals surface area contributed by atoms with Gasteiger partial charge in [0.25, 0.3) is 5.56 Å². The molecule has 0 atom stereocenters. The number of carbonyl (C=O) groups is 1. The Bertz CT molecular complexity index is 821. The molecular formula is C16H15FN2O3S2. The molecule has 0 radical (unpaired) electrons. The van der Waals surface area contributed by atoms with Crippen LogP contribution in [0, 0.1) is 5.82 Å². The quantitative estimate of drug-likeness (QED) is 0.461. The fourth-order valence-electron chi connectivity index (χ4n) is 2.33. The number of hydrogen-bond acceptors (Lipinski definition) is 6. The van der Waals surface area contributed by atoms with Crippen LogP contribution in [0.25, 0.3) is 5.69 Å². The first-order valence-corrected chi connectivity index (χ1v) is 9.40. The van der Waals surface area contributed by atoms with Crippen LogP contribution in [0.4, 0.5) is 4.39 Å². The molecule has 126 valence electrons. The smallest absolute Gasteiger partial charge is 0.316 e. The second kappa shape index (κ2) is 7.40. The van der Waals surface area contributed by atoms with E-state index in [0.717, 1.165) is 29.6 Å². The van der Waals surface area contributed by atoms with Crippen molar-refractivity contribution in [1.82, 2.24) is 9.55 Å². The van der Waals surface area contributed by atoms with E-state index in [2.05, 4.69) is 4.98 Å². The van der Waals surface area contributed by atoms with Crippen molar-refractivity contribution in [3.8, 4) is 5.69 Å². The third-order valence-corrected chi connectivity index (χ3v) is 5.40. The average molecular weight is 366 g/mol. The van der Waals surface area contributed by atoms with Gasteiger partial charge in [-0.25, -0.2) is 9.37 Å². The second-order valence-corrected chi connectivity index (χ2v) is 7.03. The Kier molecular flexibility index (Phi) is 5.25. The summed E-state index contributed by atoms with van der Waals surface area (Å²) < 4.78 is 19.5. The molecule has 5 nitrogen and oxygen atoms in total. The molecule has 0 saturated carbocycles. The van der Waals surface area contributed by atoms with Gasteiger partial charge >= 0.3 is 5.97 Å². The number of hydrogen-bond donors (Lipinski definition) is 0. The molecule has 0 amide bonds. The van der Waals surface area contributed by atoms with Crippen LogP contribution < -0.4 is 5.56 Å². The number of esters is 1. The van der Waals surface area contributed by atoms with Crippen LogP contribution in [0.1, 0.15) is 12.6 Å². The number of halogens is 1. The normalized spacial score (nSPS) is 12.9. The SMILES string of the molecule is CCOC(=O)CSc1nc2c(c(=O)n1-c1ccc(F)cc1)SCC2. The number of ether oxygens (including phenoxy) is 1. The van der Waals surface area contributed by atoms with Gasteiger partial charge in [-0.1, -0.05) is 11.8 Å². The maximum atomic E-state index is 13.2. The van der Waals surface area contributed by atoms with Crippen LogP contribution in [0.5, 0.6) is 0 Å². The molecule has 1 aromatic carbocycles. The zero-order valence-corrected chi connectivity index (χ0v) is 14.6. The summed E-state index contributed by atoms with van der Waals surface area (Å²) in [5.74, 6) is 0.133. The van der Waals surface area contributed by atoms with Gasteiger partial charge in [0.2, 0.25) is 0 Å². The van der Waals surface area contributed by atoms with E-state index in [1.54, 1.807) is 6.92 Å². The lowest BCUT2D eigenvalue weighted by Gasteiger charge is -2.13. The minimum Gasteiger partial charge on any atom is -0.465 e. The van der Waals surface area contributed by atoms with Gasteiger partial charge in [-0.15, -0.1) is 11.8 Å². The number of carbonyl (C=O) groups excluding carboxylic acids is 1. The standard InChI is InChI=1S/C16H15FN2O3S2/c1-2-22-13(20)9-24-16-18-12-7-8-23-14(12)15(21)19(16)11-5-3-10(17)4-6-11/h3-6H,2,7-9H2,1H3. The van der Waals surface area contributed by atoms with Gasteiger partial charge < -0.3 is 4.74 Å². The highest BCUT2D eigenvalue weighted by Crippen LogP contribution is 2.30. The molecule has 8 heteroatoms. The van der Waals surface area contributed by atoms with Crippen molar-refractivity contribution < 1.29 is 13.9 Å². The van der Waals surface area contributed by atoms with Crippen molar-refractivity contribution in [2.45, 2.75) is 23.4 Å². The molecule has 0 aliphatic carbocycles. The van der Waals surface area contributed by atoms with Gasteiger partial charge in [0.15, 0.2) is 5.16 Å². The maximum Gasteiger partial charge on any atom is 0.316 e. The summed E-state index contributed by atoms with van der Waals surface area (Å²) in [5, 5.41) is 0.418. The molecule has 0 spiro atoms. The minimum atomic E-state index is -0.379. The second-order valence-electron chi connectivity index (χ2n) is 4.98. The molecule has 2 heterocycles. The van der Waals surface area contributed by atoms with E-state index in [1.165, 1.54) is 40.6 Å². The van der Waals surface area contributed by atoms with Crippen LogP contribution in [-0.4, -0.2) is 33.6 Å². The lowest BCUT2D eigenvalue weighted by atomic mass is 10.3. The van der Waals surface area contributed by atoms with Crippen molar-refractivity contribution in [1.29, 1.82) is 0 Å². The van der Waals surface area contributed by atoms with E-state index in [0.29, 0.717) is 22.3 Å². The predicted octanol–water partition coefficient (Wildman–Crippen LogP) is 2.68. The lowest BCUT2D eigenvalue weighted by molar-refractivity contribution is -0.139. The summed E-state index contributed by atoms with van der Waals surface area (Å²) in [6.45, 7) is 2.04. The molecule has 24 heavy (non-hydrogen) atoms. The summed E-state index contributed by atoms with van der Waals surface area (Å²) in [4.78, 5) is 29.6. The minimum absolute atomic E-state index is 0.0629. The van der Waals surface area contributed by atoms with E-state index in [-0.39, 0.29) is 23.1 Å². The molecule has 0 saturated heterocycles. The van der Waals surface area contributed by atoms with E-state index < -0.39 is 0 Å². The van der Waals surface area contributed by atoms with Crippen LogP contribution in [0.3, 0.4) is 0 Å². The molecule has 1 aliphatic rings. The average Bonchev–Trinajstić information content (AvgIpc) is 3.03. The summed E-state index contributed by atoms with van der Waals surface area (Å²) in [7, 11) is 0. The highest BCUT2D eigenvalue weighted by Gasteiger charge is 2.23. The summed E-state index contributed by atoms with van der Waals surface area (Å²) in [6.07, 6.45) is 0.729. The largest absolute Gasteiger partial charge is 0.465 e. The first-order chi connectivity index (χ1) is 11.6. The number of nitrogens with zero attached hydrogens (tertiary/aromatic N) is 2. The van der Waals surface area contributed by atoms with Gasteiger partial charge in [0.1, 0.15) is 5.82 Å². The number of thioether (sulfide) groups is 2. The van der Waals surface area contributed by atoms with Crippen LogP contribution in [-0.2, 0) is 16.0 Å². The Balaban J connectivity index is 2.03. The van der Waals surface area contributed by atoms with Gasteiger partial charge in [-0.3, -0.25) is 14.2 Å². The van der Waals surface area contributed by atoms with Crippen LogP contribution in [0.2, 0.25) is 0 Å². The maximum absolute atomic E-state index is 13.2. The van der Waals surface area contributed by atoms with Gasteiger partial charge in [0, 0.05) is 12.2 Å². The van der Waals surface area contributed by atoms with Gasteiger partial charge in [-0.2, -0.15) is 0 Å². The summed E-state index contributed by atoms with van der Waals surface area (Å²) >= 11 is 2.63. The first-order valence-electron chi connectivity index (χ1n) is 7.43. The van der Waals surface area contributed by atoms with Crippen molar-refractivity contribution >= 4 is 29.5 Å². The van der Waals surface area contributed by atoms with Crippen molar-refractivity contribution in [3.63, 3.8) is 0 Å². The molecule has 3 rings (SSSR count). The topological polar surface area (TPSA) is 61.2 Å². The number of benzene rings is 1. The Morgan fingerprint density at radius 3 is 2.88 bits per heavy atom. The monoisotopic (exact) mass is 366 g/mol. The van der Waals surface area contributed by atoms with Crippen LogP contribution in [0.15, 0.2) is 39.1 Å². The zero-order valence-electron chi connectivity index (χ0n) is 13.0. The van der Waals surface area contributed by atoms with Gasteiger partial charge in [-0.05, 0) is 31.2 Å². The lowest BCUT2D eigenvalue weighted by Crippen LogP contribution is -2.24. The molecule has 2 aromatic rings. The molecular weight excluding hydrogens is 351 g/mol. The van der Waals surface area contributed by atoms with E-state index in [4.69, 9.17) is 4.74 Å². The number of aromatic nitrogens is 2. The molecule has 0 fully saturated rings. The fourth-order valence-corrected chi connectivity index (χ4v) is 4.18. The molecule has 0 bridgehead atoms. The third-order valence-electron chi connectivity index (χ3n) is 3.38. The molecule has 1 aromatic heterocycles. The Labute approximate surface area is 146 Å². The van der Waals surface area contributed by atoms with E-state index in [1.807, 2.05) is 0 Å². The summed E-state index contributed by atoms with van der Waals surface area (Å²) in [5.41, 5.74) is 1.10. The number of aryl methyl sites for hydroxylation is 1. The molecule has 0 unspecified atom stereocenters. The van der Waals surface area contributed by atoms with E-state index in [9.17, 15) is 14.0 Å². The number of fused-ring (bicyclic) bond motifs is 1. The number of rotatable bonds is 5. The Morgan fingerprint density at radius 1 is 1.42 bits per heavy atom. The fraction of sp³-hybridized carbons (Fsp3) is 0.312. The summed E-state index contributed by atoms with van der Waals surface area (Å²) in [6, 6.07) is 5.64. The highest BCUT2D eigenvalue weighted by molar-refractivity contribution is 8.00. The van der Waals surface area contributed by atoms with Crippen LogP contribution >= 0.6 is 23.5 Å². The third kappa shape index (κ3) is 3.49. The van der Waals surface area contributed by atoms with Crippen molar-refractivity contribution in [2.75, 3.05) is 18.1 Å². The Morgan fingerprint density at radius 2 is 2.17 bits per heavy atom. The van der Waals surface area contributed by atoms with E-state index >= 15 is 0 Å². The first kappa shape index (κ1) is 17.0. The van der Waals surface area contributed by atoms with Crippen molar-refractivity contribution in [3.05, 3.63) is 46.1 Å². The van der Waals surface area contributed by atoms with Crippen molar-refractivity contribution in [2.24, 2.45) is 0 Å². The predicted molar refractivity (Wildman–Crippen MR) is 91.6 cm³/mol. The van der Waals surface area contributed by atoms with Gasteiger partial charge in [0.05, 0.1) is 28.6 Å². The molecule has 0 N–H and O–H groups in total.